The second-order valence-corrected chi connectivity index (χ2v) is 6.24. The molecule has 108 valence electrons. The second kappa shape index (κ2) is 5.88. The van der Waals surface area contributed by atoms with Gasteiger partial charge in [-0.3, -0.25) is 0 Å². The lowest BCUT2D eigenvalue weighted by molar-refractivity contribution is 0.852. The van der Waals surface area contributed by atoms with Crippen molar-refractivity contribution in [2.24, 2.45) is 0 Å². The van der Waals surface area contributed by atoms with Gasteiger partial charge in [-0.1, -0.05) is 0 Å². The van der Waals surface area contributed by atoms with Gasteiger partial charge in [0.25, 0.3) is 0 Å². The molecule has 0 amide bonds. The smallest absolute Gasteiger partial charge is 0.230 e. The van der Waals surface area contributed by atoms with Crippen LogP contribution in [0, 0.1) is 13.8 Å². The van der Waals surface area contributed by atoms with Crippen molar-refractivity contribution in [2.75, 3.05) is 24.3 Å². The quantitative estimate of drug-likeness (QED) is 0.936. The Labute approximate surface area is 127 Å². The maximum atomic E-state index is 5.92. The number of aryl methyl sites for hydroxylation is 2. The molecular formula is C12H17ClN6S. The lowest BCUT2D eigenvalue weighted by atomic mass is 10.2. The van der Waals surface area contributed by atoms with Crippen LogP contribution in [0.15, 0.2) is 0 Å². The predicted molar refractivity (Wildman–Crippen MR) is 82.8 cm³/mol. The van der Waals surface area contributed by atoms with Gasteiger partial charge in [0.1, 0.15) is 0 Å². The van der Waals surface area contributed by atoms with Crippen LogP contribution in [0.2, 0.25) is 5.28 Å². The highest BCUT2D eigenvalue weighted by atomic mass is 35.5. The molecule has 0 aliphatic carbocycles. The number of hydrogen-bond donors (Lipinski definition) is 1. The van der Waals surface area contributed by atoms with E-state index < -0.39 is 0 Å². The summed E-state index contributed by atoms with van der Waals surface area (Å²) >= 11 is 7.59. The van der Waals surface area contributed by atoms with Gasteiger partial charge in [-0.15, -0.1) is 11.3 Å². The van der Waals surface area contributed by atoms with Crippen molar-refractivity contribution in [3.05, 3.63) is 20.9 Å². The van der Waals surface area contributed by atoms with Crippen molar-refractivity contribution in [2.45, 2.75) is 26.8 Å². The van der Waals surface area contributed by atoms with E-state index in [2.05, 4.69) is 25.3 Å². The maximum Gasteiger partial charge on any atom is 0.230 e. The lowest BCUT2D eigenvalue weighted by Gasteiger charge is -2.15. The van der Waals surface area contributed by atoms with E-state index in [1.807, 2.05) is 34.9 Å². The molecule has 1 unspecified atom stereocenters. The van der Waals surface area contributed by atoms with Gasteiger partial charge in [-0.2, -0.15) is 15.0 Å². The van der Waals surface area contributed by atoms with E-state index >= 15 is 0 Å². The number of anilines is 2. The SMILES string of the molecule is Cc1nc(C)c(C(C)Nc2nc(Cl)nc(N(C)C)n2)s1. The van der Waals surface area contributed by atoms with Crippen LogP contribution >= 0.6 is 22.9 Å². The van der Waals surface area contributed by atoms with Gasteiger partial charge in [0, 0.05) is 19.0 Å². The summed E-state index contributed by atoms with van der Waals surface area (Å²) in [4.78, 5) is 19.9. The van der Waals surface area contributed by atoms with Gasteiger partial charge >= 0.3 is 0 Å². The van der Waals surface area contributed by atoms with Crippen molar-refractivity contribution in [3.63, 3.8) is 0 Å². The Kier molecular flexibility index (Phi) is 4.39. The summed E-state index contributed by atoms with van der Waals surface area (Å²) in [5, 5.41) is 4.47. The third-order valence-electron chi connectivity index (χ3n) is 2.67. The fourth-order valence-corrected chi connectivity index (χ4v) is 2.90. The molecule has 0 aliphatic rings. The minimum atomic E-state index is 0.0645. The average Bonchev–Trinajstić information content (AvgIpc) is 2.67. The third kappa shape index (κ3) is 3.34. The molecule has 0 bridgehead atoms. The third-order valence-corrected chi connectivity index (χ3v) is 4.10. The van der Waals surface area contributed by atoms with E-state index in [4.69, 9.17) is 11.6 Å². The average molecular weight is 313 g/mol. The molecule has 0 radical (unpaired) electrons. The first-order valence-electron chi connectivity index (χ1n) is 6.16. The summed E-state index contributed by atoms with van der Waals surface area (Å²) in [5.41, 5.74) is 1.03. The Bertz CT molecular complexity index is 612. The predicted octanol–water partition coefficient (Wildman–Crippen LogP) is 2.84. The van der Waals surface area contributed by atoms with Crippen molar-refractivity contribution in [1.29, 1.82) is 0 Å². The standard InChI is InChI=1S/C12H17ClN6S/c1-6-9(20-8(3)14-6)7(2)15-11-16-10(13)17-12(18-11)19(4)5/h7H,1-5H3,(H,15,16,17,18). The number of halogens is 1. The zero-order valence-corrected chi connectivity index (χ0v) is 13.7. The van der Waals surface area contributed by atoms with Gasteiger partial charge in [-0.25, -0.2) is 4.98 Å². The summed E-state index contributed by atoms with van der Waals surface area (Å²) in [6.45, 7) is 6.05. The number of aromatic nitrogens is 4. The first kappa shape index (κ1) is 14.9. The maximum absolute atomic E-state index is 5.92. The van der Waals surface area contributed by atoms with E-state index in [0.29, 0.717) is 11.9 Å². The molecule has 20 heavy (non-hydrogen) atoms. The molecule has 2 rings (SSSR count). The molecule has 2 aromatic heterocycles. The molecule has 8 heteroatoms. The summed E-state index contributed by atoms with van der Waals surface area (Å²) in [7, 11) is 3.71. The molecule has 1 N–H and O–H groups in total. The van der Waals surface area contributed by atoms with Gasteiger partial charge in [-0.05, 0) is 32.4 Å². The largest absolute Gasteiger partial charge is 0.347 e. The molecule has 2 heterocycles. The van der Waals surface area contributed by atoms with E-state index in [1.54, 1.807) is 16.2 Å². The molecule has 6 nitrogen and oxygen atoms in total. The Morgan fingerprint density at radius 3 is 2.40 bits per heavy atom. The number of nitrogens with zero attached hydrogens (tertiary/aromatic N) is 5. The number of hydrogen-bond acceptors (Lipinski definition) is 7. The van der Waals surface area contributed by atoms with Crippen LogP contribution in [0.4, 0.5) is 11.9 Å². The van der Waals surface area contributed by atoms with E-state index in [1.165, 1.54) is 4.88 Å². The van der Waals surface area contributed by atoms with Gasteiger partial charge in [0.15, 0.2) is 0 Å². The number of thiazole rings is 1. The van der Waals surface area contributed by atoms with E-state index in [-0.39, 0.29) is 11.3 Å². The molecule has 0 fully saturated rings. The number of nitrogens with one attached hydrogen (secondary N) is 1. The fourth-order valence-electron chi connectivity index (χ4n) is 1.81. The highest BCUT2D eigenvalue weighted by Crippen LogP contribution is 2.27. The highest BCUT2D eigenvalue weighted by Gasteiger charge is 2.15. The number of rotatable bonds is 4. The van der Waals surface area contributed by atoms with Crippen molar-refractivity contribution >= 4 is 34.8 Å². The van der Waals surface area contributed by atoms with Gasteiger partial charge in [0.2, 0.25) is 17.2 Å². The first-order valence-corrected chi connectivity index (χ1v) is 7.35. The van der Waals surface area contributed by atoms with E-state index in [9.17, 15) is 0 Å². The van der Waals surface area contributed by atoms with Crippen LogP contribution < -0.4 is 10.2 Å². The normalized spacial score (nSPS) is 12.3. The Morgan fingerprint density at radius 1 is 1.15 bits per heavy atom. The van der Waals surface area contributed by atoms with Crippen molar-refractivity contribution in [1.82, 2.24) is 19.9 Å². The van der Waals surface area contributed by atoms with E-state index in [0.717, 1.165) is 10.7 Å². The van der Waals surface area contributed by atoms with Crippen molar-refractivity contribution < 1.29 is 0 Å². The van der Waals surface area contributed by atoms with Crippen LogP contribution in [-0.2, 0) is 0 Å². The molecule has 2 aromatic rings. The second-order valence-electron chi connectivity index (χ2n) is 4.67. The Balaban J connectivity index is 2.23. The van der Waals surface area contributed by atoms with Crippen LogP contribution in [0.5, 0.6) is 0 Å². The van der Waals surface area contributed by atoms with Crippen LogP contribution in [-0.4, -0.2) is 34.0 Å². The molecular weight excluding hydrogens is 296 g/mol. The molecule has 1 atom stereocenters. The topological polar surface area (TPSA) is 66.8 Å². The molecule has 0 aliphatic heterocycles. The summed E-state index contributed by atoms with van der Waals surface area (Å²) < 4.78 is 0. The zero-order valence-electron chi connectivity index (χ0n) is 12.1. The van der Waals surface area contributed by atoms with Gasteiger partial charge in [0.05, 0.1) is 16.7 Å². The monoisotopic (exact) mass is 312 g/mol. The Morgan fingerprint density at radius 2 is 1.85 bits per heavy atom. The fraction of sp³-hybridized carbons (Fsp3) is 0.500. The van der Waals surface area contributed by atoms with Crippen LogP contribution in [0.25, 0.3) is 0 Å². The van der Waals surface area contributed by atoms with Crippen LogP contribution in [0.3, 0.4) is 0 Å². The Hall–Kier alpha value is -1.47. The molecule has 0 aromatic carbocycles. The first-order chi connectivity index (χ1) is 9.36. The van der Waals surface area contributed by atoms with Gasteiger partial charge < -0.3 is 10.2 Å². The van der Waals surface area contributed by atoms with Crippen molar-refractivity contribution in [3.8, 4) is 0 Å². The summed E-state index contributed by atoms with van der Waals surface area (Å²) in [5.74, 6) is 0.989. The highest BCUT2D eigenvalue weighted by molar-refractivity contribution is 7.11. The minimum absolute atomic E-state index is 0.0645. The summed E-state index contributed by atoms with van der Waals surface area (Å²) in [6, 6.07) is 0.0645. The molecule has 0 saturated heterocycles. The van der Waals surface area contributed by atoms with Crippen LogP contribution in [0.1, 0.15) is 28.5 Å². The summed E-state index contributed by atoms with van der Waals surface area (Å²) in [6.07, 6.45) is 0. The molecule has 0 saturated carbocycles. The zero-order chi connectivity index (χ0) is 14.9. The molecule has 0 spiro atoms. The minimum Gasteiger partial charge on any atom is -0.347 e. The lowest BCUT2D eigenvalue weighted by Crippen LogP contribution is -2.16.